The van der Waals surface area contributed by atoms with E-state index >= 15 is 0 Å². The number of anilines is 1. The first kappa shape index (κ1) is 23.0. The van der Waals surface area contributed by atoms with E-state index < -0.39 is 10.0 Å². The summed E-state index contributed by atoms with van der Waals surface area (Å²) >= 11 is 0. The predicted octanol–water partition coefficient (Wildman–Crippen LogP) is 4.22. The van der Waals surface area contributed by atoms with Crippen LogP contribution in [0.2, 0.25) is 0 Å². The van der Waals surface area contributed by atoms with Crippen LogP contribution in [0.3, 0.4) is 0 Å². The fourth-order valence-electron chi connectivity index (χ4n) is 5.26. The van der Waals surface area contributed by atoms with Crippen molar-refractivity contribution in [1.29, 1.82) is 0 Å². The molecule has 0 aromatic heterocycles. The second-order valence-electron chi connectivity index (χ2n) is 8.64. The Balaban J connectivity index is 1.64. The molecule has 0 bridgehead atoms. The normalized spacial score (nSPS) is 16.4. The van der Waals surface area contributed by atoms with E-state index in [9.17, 15) is 8.42 Å². The van der Waals surface area contributed by atoms with E-state index in [1.807, 2.05) is 18.2 Å². The van der Waals surface area contributed by atoms with Gasteiger partial charge in [-0.3, -0.25) is 0 Å². The summed E-state index contributed by atoms with van der Waals surface area (Å²) in [6, 6.07) is 18.5. The van der Waals surface area contributed by atoms with Crippen molar-refractivity contribution in [3.63, 3.8) is 0 Å². The van der Waals surface area contributed by atoms with E-state index in [0.29, 0.717) is 31.2 Å². The van der Waals surface area contributed by atoms with E-state index in [2.05, 4.69) is 60.6 Å². The highest BCUT2D eigenvalue weighted by molar-refractivity contribution is 7.89. The molecule has 1 saturated heterocycles. The average molecular weight is 479 g/mol. The summed E-state index contributed by atoms with van der Waals surface area (Å²) in [5, 5.41) is 1.80. The van der Waals surface area contributed by atoms with Crippen LogP contribution in [-0.2, 0) is 14.8 Å². The molecule has 0 unspecified atom stereocenters. The summed E-state index contributed by atoms with van der Waals surface area (Å²) in [4.78, 5) is 2.71. The molecule has 0 spiro atoms. The zero-order valence-electron chi connectivity index (χ0n) is 20.1. The SMILES string of the molecule is CCN(CC)c1ccc(C2=[N+](CC)c3ccc(S(=O)(=O)N4CCOCC4)c4cccc2c34)cc1. The van der Waals surface area contributed by atoms with Crippen LogP contribution < -0.4 is 4.90 Å². The van der Waals surface area contributed by atoms with Crippen LogP contribution in [0, 0.1) is 0 Å². The maximum atomic E-state index is 13.6. The molecular formula is C27H32N3O3S+. The molecule has 0 atom stereocenters. The van der Waals surface area contributed by atoms with Gasteiger partial charge in [0.15, 0.2) is 0 Å². The highest BCUT2D eigenvalue weighted by Crippen LogP contribution is 2.40. The maximum Gasteiger partial charge on any atom is 0.243 e. The zero-order valence-corrected chi connectivity index (χ0v) is 20.9. The number of morpholine rings is 1. The van der Waals surface area contributed by atoms with Crippen molar-refractivity contribution in [3.8, 4) is 0 Å². The first-order chi connectivity index (χ1) is 16.5. The number of nitrogens with zero attached hydrogens (tertiary/aromatic N) is 3. The van der Waals surface area contributed by atoms with Crippen molar-refractivity contribution >= 4 is 37.9 Å². The summed E-state index contributed by atoms with van der Waals surface area (Å²) in [6.07, 6.45) is 0. The molecule has 0 amide bonds. The first-order valence-electron chi connectivity index (χ1n) is 12.1. The quantitative estimate of drug-likeness (QED) is 0.477. The third-order valence-corrected chi connectivity index (χ3v) is 8.92. The molecule has 34 heavy (non-hydrogen) atoms. The van der Waals surface area contributed by atoms with Gasteiger partial charge >= 0.3 is 0 Å². The molecule has 3 aromatic rings. The molecule has 0 N–H and O–H groups in total. The number of sulfonamides is 1. The Hall–Kier alpha value is -2.74. The maximum absolute atomic E-state index is 13.6. The third kappa shape index (κ3) is 3.63. The van der Waals surface area contributed by atoms with E-state index in [-0.39, 0.29) is 0 Å². The Morgan fingerprint density at radius 3 is 2.29 bits per heavy atom. The second-order valence-corrected chi connectivity index (χ2v) is 10.5. The van der Waals surface area contributed by atoms with Gasteiger partial charge in [0.2, 0.25) is 21.4 Å². The van der Waals surface area contributed by atoms with Gasteiger partial charge in [0.1, 0.15) is 6.54 Å². The Bertz CT molecular complexity index is 1350. The summed E-state index contributed by atoms with van der Waals surface area (Å²) in [6.45, 7) is 10.9. The number of benzene rings is 3. The minimum Gasteiger partial charge on any atom is -0.379 e. The van der Waals surface area contributed by atoms with Crippen molar-refractivity contribution in [3.05, 3.63) is 65.7 Å². The largest absolute Gasteiger partial charge is 0.379 e. The summed E-state index contributed by atoms with van der Waals surface area (Å²) in [7, 11) is -3.60. The van der Waals surface area contributed by atoms with Crippen molar-refractivity contribution < 1.29 is 17.7 Å². The van der Waals surface area contributed by atoms with Gasteiger partial charge in [-0.15, -0.1) is 0 Å². The van der Waals surface area contributed by atoms with Crippen LogP contribution in [0.5, 0.6) is 0 Å². The number of ether oxygens (including phenoxy) is 1. The Morgan fingerprint density at radius 2 is 1.65 bits per heavy atom. The molecule has 5 rings (SSSR count). The van der Waals surface area contributed by atoms with E-state index in [1.165, 1.54) is 5.69 Å². The lowest BCUT2D eigenvalue weighted by molar-refractivity contribution is -0.431. The van der Waals surface area contributed by atoms with Gasteiger partial charge in [-0.1, -0.05) is 12.1 Å². The zero-order chi connectivity index (χ0) is 23.9. The van der Waals surface area contributed by atoms with Crippen molar-refractivity contribution in [1.82, 2.24) is 4.31 Å². The van der Waals surface area contributed by atoms with Crippen molar-refractivity contribution in [2.45, 2.75) is 25.7 Å². The van der Waals surface area contributed by atoms with Gasteiger partial charge in [0.05, 0.1) is 29.1 Å². The molecule has 2 heterocycles. The first-order valence-corrected chi connectivity index (χ1v) is 13.6. The van der Waals surface area contributed by atoms with Gasteiger partial charge in [0, 0.05) is 48.9 Å². The smallest absolute Gasteiger partial charge is 0.243 e. The van der Waals surface area contributed by atoms with Crippen LogP contribution in [0.15, 0.2) is 59.5 Å². The molecule has 7 heteroatoms. The number of hydrogen-bond donors (Lipinski definition) is 0. The molecule has 178 valence electrons. The van der Waals surface area contributed by atoms with Crippen LogP contribution >= 0.6 is 0 Å². The monoisotopic (exact) mass is 478 g/mol. The van der Waals surface area contributed by atoms with Gasteiger partial charge in [-0.25, -0.2) is 8.42 Å². The predicted molar refractivity (Wildman–Crippen MR) is 137 cm³/mol. The summed E-state index contributed by atoms with van der Waals surface area (Å²) in [5.74, 6) is 0. The van der Waals surface area contributed by atoms with Crippen LogP contribution in [-0.4, -0.2) is 68.9 Å². The lowest BCUT2D eigenvalue weighted by Gasteiger charge is -2.26. The molecule has 1 fully saturated rings. The average Bonchev–Trinajstić information content (AvgIpc) is 3.21. The lowest BCUT2D eigenvalue weighted by Crippen LogP contribution is -2.40. The highest BCUT2D eigenvalue weighted by atomic mass is 32.2. The van der Waals surface area contributed by atoms with Crippen LogP contribution in [0.25, 0.3) is 10.8 Å². The number of rotatable bonds is 7. The Labute approximate surface area is 202 Å². The molecule has 0 radical (unpaired) electrons. The number of hydrogen-bond acceptors (Lipinski definition) is 4. The second kappa shape index (κ2) is 9.13. The fourth-order valence-corrected chi connectivity index (χ4v) is 6.86. The van der Waals surface area contributed by atoms with Crippen molar-refractivity contribution in [2.75, 3.05) is 50.8 Å². The molecule has 0 aliphatic carbocycles. The summed E-state index contributed by atoms with van der Waals surface area (Å²) in [5.41, 5.74) is 5.64. The van der Waals surface area contributed by atoms with Gasteiger partial charge in [-0.05, 0) is 57.2 Å². The van der Waals surface area contributed by atoms with Crippen LogP contribution in [0.1, 0.15) is 31.9 Å². The van der Waals surface area contributed by atoms with Crippen molar-refractivity contribution in [2.24, 2.45) is 0 Å². The van der Waals surface area contributed by atoms with E-state index in [1.54, 1.807) is 10.4 Å². The van der Waals surface area contributed by atoms with E-state index in [4.69, 9.17) is 4.74 Å². The summed E-state index contributed by atoms with van der Waals surface area (Å²) < 4.78 is 36.3. The van der Waals surface area contributed by atoms with Crippen LogP contribution in [0.4, 0.5) is 11.4 Å². The van der Waals surface area contributed by atoms with Gasteiger partial charge in [-0.2, -0.15) is 8.88 Å². The highest BCUT2D eigenvalue weighted by Gasteiger charge is 2.36. The minimum atomic E-state index is -3.60. The molecular weight excluding hydrogens is 446 g/mol. The third-order valence-electron chi connectivity index (χ3n) is 6.97. The molecule has 2 aliphatic heterocycles. The molecule has 0 saturated carbocycles. The molecule has 2 aliphatic rings. The Kier molecular flexibility index (Phi) is 6.18. The van der Waals surface area contributed by atoms with E-state index in [0.717, 1.165) is 52.9 Å². The standard InChI is InChI=1S/C27H32N3O3S/c1-4-28(5-2)21-12-10-20(11-13-21)27-23-9-7-8-22-25(15-14-24(26(22)23)30(27)6-3)34(31,32)29-16-18-33-19-17-29/h7-15H,4-6,16-19H2,1-3H3/q+1. The molecule has 3 aromatic carbocycles. The lowest BCUT2D eigenvalue weighted by atomic mass is 9.98. The molecule has 6 nitrogen and oxygen atoms in total. The van der Waals surface area contributed by atoms with Gasteiger partial charge in [0.25, 0.3) is 0 Å². The Morgan fingerprint density at radius 1 is 0.941 bits per heavy atom. The topological polar surface area (TPSA) is 52.9 Å². The van der Waals surface area contributed by atoms with Gasteiger partial charge < -0.3 is 9.64 Å². The fraction of sp³-hybridized carbons (Fsp3) is 0.370. The minimum absolute atomic E-state index is 0.379.